The summed E-state index contributed by atoms with van der Waals surface area (Å²) in [6.45, 7) is 3.11. The molecule has 19 heavy (non-hydrogen) atoms. The molecule has 1 rings (SSSR count). The molecule has 8 nitrogen and oxygen atoms in total. The molecule has 5 N–H and O–H groups in total. The third-order valence-corrected chi connectivity index (χ3v) is 3.26. The predicted molar refractivity (Wildman–Crippen MR) is 67.8 cm³/mol. The Hall–Kier alpha value is -2.16. The highest BCUT2D eigenvalue weighted by molar-refractivity contribution is 7.09. The maximum atomic E-state index is 11.5. The number of thiazole rings is 1. The number of rotatable bonds is 5. The van der Waals surface area contributed by atoms with Crippen molar-refractivity contribution in [1.82, 2.24) is 15.6 Å². The first-order valence-corrected chi connectivity index (χ1v) is 6.24. The van der Waals surface area contributed by atoms with Crippen LogP contribution in [0.2, 0.25) is 0 Å². The van der Waals surface area contributed by atoms with Crippen LogP contribution in [0.5, 0.6) is 0 Å². The molecule has 1 heterocycles. The number of carbonyl (C=O) groups is 3. The van der Waals surface area contributed by atoms with Crippen LogP contribution >= 0.6 is 11.3 Å². The van der Waals surface area contributed by atoms with E-state index in [-0.39, 0.29) is 5.69 Å². The van der Waals surface area contributed by atoms with Crippen molar-refractivity contribution in [2.24, 2.45) is 5.73 Å². The van der Waals surface area contributed by atoms with Gasteiger partial charge >= 0.3 is 12.0 Å². The molecule has 3 amide bonds. The SMILES string of the molecule is CC(NC(=O)NC(C)c1nc(C(=O)O)cs1)C(N)=O. The van der Waals surface area contributed by atoms with Crippen molar-refractivity contribution in [3.8, 4) is 0 Å². The van der Waals surface area contributed by atoms with Crippen LogP contribution in [0.1, 0.15) is 35.4 Å². The summed E-state index contributed by atoms with van der Waals surface area (Å²) >= 11 is 1.13. The third kappa shape index (κ3) is 4.21. The Balaban J connectivity index is 2.58. The molecule has 0 aromatic carbocycles. The molecular weight excluding hydrogens is 272 g/mol. The number of carboxylic acid groups (broad SMARTS) is 1. The van der Waals surface area contributed by atoms with Crippen molar-refractivity contribution in [2.45, 2.75) is 25.9 Å². The third-order valence-electron chi connectivity index (χ3n) is 2.23. The number of aromatic nitrogens is 1. The standard InChI is InChI=1S/C10H14N4O4S/c1-4(7(11)15)12-10(18)13-5(2)8-14-6(3-19-8)9(16)17/h3-5H,1-2H3,(H2,11,15)(H,16,17)(H2,12,13,18). The molecule has 0 aliphatic carbocycles. The molecule has 9 heteroatoms. The number of amides is 3. The van der Waals surface area contributed by atoms with E-state index in [4.69, 9.17) is 10.8 Å². The molecule has 0 fully saturated rings. The lowest BCUT2D eigenvalue weighted by Crippen LogP contribution is -2.47. The van der Waals surface area contributed by atoms with Gasteiger partial charge in [0.05, 0.1) is 6.04 Å². The molecule has 1 aromatic rings. The quantitative estimate of drug-likeness (QED) is 0.607. The summed E-state index contributed by atoms with van der Waals surface area (Å²) in [5, 5.41) is 15.5. The van der Waals surface area contributed by atoms with Gasteiger partial charge in [0.1, 0.15) is 11.0 Å². The van der Waals surface area contributed by atoms with Crippen molar-refractivity contribution in [2.75, 3.05) is 0 Å². The van der Waals surface area contributed by atoms with Gasteiger partial charge in [-0.2, -0.15) is 0 Å². The molecule has 104 valence electrons. The van der Waals surface area contributed by atoms with E-state index in [1.807, 2.05) is 0 Å². The normalized spacial score (nSPS) is 13.4. The minimum absolute atomic E-state index is 0.0698. The maximum absolute atomic E-state index is 11.5. The number of primary amides is 1. The zero-order chi connectivity index (χ0) is 14.6. The van der Waals surface area contributed by atoms with E-state index >= 15 is 0 Å². The molecule has 0 aliphatic rings. The van der Waals surface area contributed by atoms with Gasteiger partial charge in [-0.15, -0.1) is 11.3 Å². The minimum atomic E-state index is -1.12. The predicted octanol–water partition coefficient (Wildman–Crippen LogP) is 0.0753. The zero-order valence-electron chi connectivity index (χ0n) is 10.3. The molecule has 0 radical (unpaired) electrons. The highest BCUT2D eigenvalue weighted by Crippen LogP contribution is 2.17. The van der Waals surface area contributed by atoms with Gasteiger partial charge in [-0.3, -0.25) is 4.79 Å². The molecule has 1 aromatic heterocycles. The largest absolute Gasteiger partial charge is 0.476 e. The number of hydrogen-bond acceptors (Lipinski definition) is 5. The van der Waals surface area contributed by atoms with E-state index in [0.29, 0.717) is 5.01 Å². The highest BCUT2D eigenvalue weighted by atomic mass is 32.1. The number of nitrogens with two attached hydrogens (primary N) is 1. The van der Waals surface area contributed by atoms with Crippen molar-refractivity contribution in [3.05, 3.63) is 16.1 Å². The molecule has 2 unspecified atom stereocenters. The van der Waals surface area contributed by atoms with E-state index < -0.39 is 30.0 Å². The average Bonchev–Trinajstić information content (AvgIpc) is 2.77. The van der Waals surface area contributed by atoms with Crippen LogP contribution in [-0.4, -0.2) is 34.0 Å². The van der Waals surface area contributed by atoms with Gasteiger partial charge in [0.2, 0.25) is 5.91 Å². The van der Waals surface area contributed by atoms with Crippen molar-refractivity contribution >= 4 is 29.2 Å². The van der Waals surface area contributed by atoms with Crippen LogP contribution in [0.3, 0.4) is 0 Å². The second kappa shape index (κ2) is 6.14. The Kier molecular flexibility index (Phi) is 4.81. The molecule has 0 saturated heterocycles. The molecule has 2 atom stereocenters. The Bertz CT molecular complexity index is 501. The summed E-state index contributed by atoms with van der Waals surface area (Å²) < 4.78 is 0. The fourth-order valence-corrected chi connectivity index (χ4v) is 1.95. The second-order valence-corrected chi connectivity index (χ2v) is 4.73. The monoisotopic (exact) mass is 286 g/mol. The Morgan fingerprint density at radius 2 is 2.00 bits per heavy atom. The van der Waals surface area contributed by atoms with E-state index in [2.05, 4.69) is 15.6 Å². The van der Waals surface area contributed by atoms with Gasteiger partial charge < -0.3 is 21.5 Å². The Labute approximate surface area is 113 Å². The summed E-state index contributed by atoms with van der Waals surface area (Å²) in [7, 11) is 0. The van der Waals surface area contributed by atoms with Crippen LogP contribution in [-0.2, 0) is 4.79 Å². The molecule has 0 spiro atoms. The zero-order valence-corrected chi connectivity index (χ0v) is 11.2. The van der Waals surface area contributed by atoms with Gasteiger partial charge in [0.15, 0.2) is 5.69 Å². The number of carbonyl (C=O) groups excluding carboxylic acids is 2. The number of aromatic carboxylic acids is 1. The summed E-state index contributed by atoms with van der Waals surface area (Å²) in [5.74, 6) is -1.77. The fourth-order valence-electron chi connectivity index (χ4n) is 1.15. The van der Waals surface area contributed by atoms with Gasteiger partial charge in [-0.05, 0) is 13.8 Å². The van der Waals surface area contributed by atoms with Crippen LogP contribution in [0.15, 0.2) is 5.38 Å². The highest BCUT2D eigenvalue weighted by Gasteiger charge is 2.18. The Morgan fingerprint density at radius 1 is 1.37 bits per heavy atom. The van der Waals surface area contributed by atoms with Crippen molar-refractivity contribution in [3.63, 3.8) is 0 Å². The van der Waals surface area contributed by atoms with Gasteiger partial charge in [-0.1, -0.05) is 0 Å². The van der Waals surface area contributed by atoms with Gasteiger partial charge in [-0.25, -0.2) is 14.6 Å². The lowest BCUT2D eigenvalue weighted by molar-refractivity contribution is -0.119. The molecule has 0 bridgehead atoms. The summed E-state index contributed by atoms with van der Waals surface area (Å²) in [6, 6.07) is -1.85. The van der Waals surface area contributed by atoms with Gasteiger partial charge in [0.25, 0.3) is 0 Å². The average molecular weight is 286 g/mol. The molecular formula is C10H14N4O4S. The number of nitrogens with one attached hydrogen (secondary N) is 2. The Morgan fingerprint density at radius 3 is 2.47 bits per heavy atom. The van der Waals surface area contributed by atoms with Gasteiger partial charge in [0, 0.05) is 5.38 Å². The number of carboxylic acids is 1. The van der Waals surface area contributed by atoms with E-state index in [1.54, 1.807) is 6.92 Å². The number of hydrogen-bond donors (Lipinski definition) is 4. The lowest BCUT2D eigenvalue weighted by Gasteiger charge is -2.14. The first-order chi connectivity index (χ1) is 8.81. The smallest absolute Gasteiger partial charge is 0.355 e. The maximum Gasteiger partial charge on any atom is 0.355 e. The van der Waals surface area contributed by atoms with Crippen LogP contribution < -0.4 is 16.4 Å². The van der Waals surface area contributed by atoms with E-state index in [9.17, 15) is 14.4 Å². The van der Waals surface area contributed by atoms with E-state index in [1.165, 1.54) is 12.3 Å². The summed E-state index contributed by atoms with van der Waals surface area (Å²) in [5.41, 5.74) is 4.94. The lowest BCUT2D eigenvalue weighted by atomic mass is 10.3. The summed E-state index contributed by atoms with van der Waals surface area (Å²) in [6.07, 6.45) is 0. The fraction of sp³-hybridized carbons (Fsp3) is 0.400. The topological polar surface area (TPSA) is 134 Å². The first-order valence-electron chi connectivity index (χ1n) is 5.36. The first kappa shape index (κ1) is 14.9. The summed E-state index contributed by atoms with van der Waals surface area (Å²) in [4.78, 5) is 36.8. The molecule has 0 aliphatic heterocycles. The number of nitrogens with zero attached hydrogens (tertiary/aromatic N) is 1. The second-order valence-electron chi connectivity index (χ2n) is 3.84. The molecule has 0 saturated carbocycles. The minimum Gasteiger partial charge on any atom is -0.476 e. The van der Waals surface area contributed by atoms with Crippen LogP contribution in [0, 0.1) is 0 Å². The number of urea groups is 1. The van der Waals surface area contributed by atoms with Crippen LogP contribution in [0.25, 0.3) is 0 Å². The van der Waals surface area contributed by atoms with Crippen LogP contribution in [0.4, 0.5) is 4.79 Å². The van der Waals surface area contributed by atoms with E-state index in [0.717, 1.165) is 11.3 Å². The van der Waals surface area contributed by atoms with Crippen molar-refractivity contribution in [1.29, 1.82) is 0 Å². The van der Waals surface area contributed by atoms with Crippen molar-refractivity contribution < 1.29 is 19.5 Å².